The van der Waals surface area contributed by atoms with E-state index in [1.165, 1.54) is 6.92 Å². The van der Waals surface area contributed by atoms with Gasteiger partial charge in [-0.15, -0.1) is 0 Å². The molecule has 1 aromatic heterocycles. The summed E-state index contributed by atoms with van der Waals surface area (Å²) in [6.07, 6.45) is 3.75. The predicted octanol–water partition coefficient (Wildman–Crippen LogP) is 2.48. The predicted molar refractivity (Wildman–Crippen MR) is 82.5 cm³/mol. The summed E-state index contributed by atoms with van der Waals surface area (Å²) < 4.78 is 7.37. The Morgan fingerprint density at radius 3 is 2.90 bits per heavy atom. The number of aromatic nitrogens is 2. The first kappa shape index (κ1) is 14.9. The highest BCUT2D eigenvalue weighted by molar-refractivity contribution is 5.90. The second-order valence-electron chi connectivity index (χ2n) is 4.58. The Hall–Kier alpha value is -2.50. The van der Waals surface area contributed by atoms with Gasteiger partial charge in [0.25, 0.3) is 0 Å². The first-order valence-electron chi connectivity index (χ1n) is 6.83. The summed E-state index contributed by atoms with van der Waals surface area (Å²) in [5.74, 6) is 1.47. The molecular weight excluding hydrogens is 268 g/mol. The van der Waals surface area contributed by atoms with Crippen molar-refractivity contribution < 1.29 is 9.53 Å². The lowest BCUT2D eigenvalue weighted by molar-refractivity contribution is -0.114. The highest BCUT2D eigenvalue weighted by atomic mass is 16.5. The number of carbonyl (C=O) groups excluding carboxylic acids is 1. The van der Waals surface area contributed by atoms with Crippen LogP contribution in [0.2, 0.25) is 0 Å². The van der Waals surface area contributed by atoms with Crippen molar-refractivity contribution >= 4 is 17.3 Å². The molecule has 1 aromatic carbocycles. The number of benzene rings is 1. The van der Waals surface area contributed by atoms with Crippen molar-refractivity contribution in [3.8, 4) is 5.75 Å². The lowest BCUT2D eigenvalue weighted by Crippen LogP contribution is -2.09. The van der Waals surface area contributed by atoms with Crippen molar-refractivity contribution in [2.75, 3.05) is 17.7 Å². The first-order valence-corrected chi connectivity index (χ1v) is 6.83. The van der Waals surface area contributed by atoms with Gasteiger partial charge in [0.15, 0.2) is 0 Å². The minimum atomic E-state index is -0.126. The highest BCUT2D eigenvalue weighted by Gasteiger charge is 2.07. The van der Waals surface area contributed by atoms with Crippen LogP contribution >= 0.6 is 0 Å². The molecule has 6 nitrogen and oxygen atoms in total. The number of ether oxygens (including phenoxy) is 1. The highest BCUT2D eigenvalue weighted by Crippen LogP contribution is 2.28. The number of amides is 1. The molecule has 0 saturated carbocycles. The number of aryl methyl sites for hydroxylation is 1. The van der Waals surface area contributed by atoms with Crippen molar-refractivity contribution in [1.82, 2.24) is 9.55 Å². The zero-order valence-corrected chi connectivity index (χ0v) is 12.5. The zero-order chi connectivity index (χ0) is 15.2. The summed E-state index contributed by atoms with van der Waals surface area (Å²) in [6, 6.07) is 5.56. The van der Waals surface area contributed by atoms with Crippen molar-refractivity contribution in [2.45, 2.75) is 26.9 Å². The third kappa shape index (κ3) is 3.75. The molecule has 0 radical (unpaired) electrons. The lowest BCUT2D eigenvalue weighted by atomic mass is 10.2. The normalized spacial score (nSPS) is 10.2. The average Bonchev–Trinajstić information content (AvgIpc) is 2.93. The monoisotopic (exact) mass is 288 g/mol. The number of anilines is 2. The van der Waals surface area contributed by atoms with Crippen LogP contribution < -0.4 is 15.4 Å². The van der Waals surface area contributed by atoms with E-state index in [2.05, 4.69) is 27.1 Å². The Kier molecular flexibility index (Phi) is 4.81. The minimum absolute atomic E-state index is 0.126. The molecule has 21 heavy (non-hydrogen) atoms. The molecule has 1 amide bonds. The van der Waals surface area contributed by atoms with Crippen molar-refractivity contribution in [3.63, 3.8) is 0 Å². The molecule has 2 N–H and O–H groups in total. The Labute approximate surface area is 124 Å². The van der Waals surface area contributed by atoms with Gasteiger partial charge in [-0.3, -0.25) is 4.79 Å². The Morgan fingerprint density at radius 1 is 1.43 bits per heavy atom. The zero-order valence-electron chi connectivity index (χ0n) is 12.5. The van der Waals surface area contributed by atoms with Crippen LogP contribution in [0.1, 0.15) is 19.7 Å². The summed E-state index contributed by atoms with van der Waals surface area (Å²) in [4.78, 5) is 15.4. The third-order valence-electron chi connectivity index (χ3n) is 3.11. The van der Waals surface area contributed by atoms with Gasteiger partial charge >= 0.3 is 0 Å². The van der Waals surface area contributed by atoms with Crippen LogP contribution in [-0.2, 0) is 17.9 Å². The average molecular weight is 288 g/mol. The number of carbonyl (C=O) groups is 1. The maximum Gasteiger partial charge on any atom is 0.221 e. The molecule has 1 heterocycles. The van der Waals surface area contributed by atoms with E-state index in [-0.39, 0.29) is 5.91 Å². The van der Waals surface area contributed by atoms with Crippen LogP contribution in [0.3, 0.4) is 0 Å². The standard InChI is InChI=1S/C15H20N4O2/c1-4-19-8-7-16-15(19)10-17-12-5-6-13(18-11(2)20)14(9-12)21-3/h5-9,17H,4,10H2,1-3H3,(H,18,20). The molecule has 6 heteroatoms. The topological polar surface area (TPSA) is 68.2 Å². The number of nitrogens with one attached hydrogen (secondary N) is 2. The molecule has 2 aromatic rings. The van der Waals surface area contributed by atoms with E-state index in [0.717, 1.165) is 18.1 Å². The van der Waals surface area contributed by atoms with Gasteiger partial charge in [-0.1, -0.05) is 0 Å². The number of rotatable bonds is 6. The SMILES string of the molecule is CCn1ccnc1CNc1ccc(NC(C)=O)c(OC)c1. The van der Waals surface area contributed by atoms with Gasteiger partial charge in [0, 0.05) is 37.6 Å². The second-order valence-corrected chi connectivity index (χ2v) is 4.58. The third-order valence-corrected chi connectivity index (χ3v) is 3.11. The van der Waals surface area contributed by atoms with E-state index in [9.17, 15) is 4.79 Å². The van der Waals surface area contributed by atoms with Gasteiger partial charge in [-0.25, -0.2) is 4.98 Å². The Morgan fingerprint density at radius 2 is 2.24 bits per heavy atom. The van der Waals surface area contributed by atoms with Crippen LogP contribution in [0.5, 0.6) is 5.75 Å². The van der Waals surface area contributed by atoms with Crippen molar-refractivity contribution in [3.05, 3.63) is 36.4 Å². The van der Waals surface area contributed by atoms with Crippen LogP contribution in [0.4, 0.5) is 11.4 Å². The molecule has 0 aliphatic carbocycles. The van der Waals surface area contributed by atoms with E-state index >= 15 is 0 Å². The number of imidazole rings is 1. The fraction of sp³-hybridized carbons (Fsp3) is 0.333. The molecule has 0 unspecified atom stereocenters. The smallest absolute Gasteiger partial charge is 0.221 e. The summed E-state index contributed by atoms with van der Waals surface area (Å²) in [7, 11) is 1.58. The van der Waals surface area contributed by atoms with Gasteiger partial charge in [-0.05, 0) is 19.1 Å². The molecule has 0 saturated heterocycles. The summed E-state index contributed by atoms with van der Waals surface area (Å²) >= 11 is 0. The van der Waals surface area contributed by atoms with Crippen molar-refractivity contribution in [1.29, 1.82) is 0 Å². The van der Waals surface area contributed by atoms with E-state index in [4.69, 9.17) is 4.74 Å². The lowest BCUT2D eigenvalue weighted by Gasteiger charge is -2.12. The van der Waals surface area contributed by atoms with E-state index < -0.39 is 0 Å². The Bertz CT molecular complexity index is 622. The maximum atomic E-state index is 11.1. The number of hydrogen-bond donors (Lipinski definition) is 2. The summed E-state index contributed by atoms with van der Waals surface area (Å²) in [5.41, 5.74) is 1.57. The van der Waals surface area contributed by atoms with Crippen LogP contribution in [0.25, 0.3) is 0 Å². The molecule has 0 fully saturated rings. The van der Waals surface area contributed by atoms with Crippen LogP contribution in [0, 0.1) is 0 Å². The van der Waals surface area contributed by atoms with Gasteiger partial charge < -0.3 is 19.9 Å². The fourth-order valence-corrected chi connectivity index (χ4v) is 2.07. The molecule has 0 bridgehead atoms. The first-order chi connectivity index (χ1) is 10.1. The van der Waals surface area contributed by atoms with E-state index in [1.54, 1.807) is 13.3 Å². The van der Waals surface area contributed by atoms with E-state index in [1.807, 2.05) is 24.4 Å². The molecule has 0 aliphatic heterocycles. The summed E-state index contributed by atoms with van der Waals surface area (Å²) in [5, 5.41) is 6.03. The minimum Gasteiger partial charge on any atom is -0.494 e. The van der Waals surface area contributed by atoms with E-state index in [0.29, 0.717) is 18.0 Å². The Balaban J connectivity index is 2.08. The molecule has 0 atom stereocenters. The van der Waals surface area contributed by atoms with Gasteiger partial charge in [0.1, 0.15) is 11.6 Å². The number of methoxy groups -OCH3 is 1. The number of hydrogen-bond acceptors (Lipinski definition) is 4. The molecule has 2 rings (SSSR count). The van der Waals surface area contributed by atoms with Crippen LogP contribution in [0.15, 0.2) is 30.6 Å². The van der Waals surface area contributed by atoms with Crippen LogP contribution in [-0.4, -0.2) is 22.6 Å². The molecule has 0 spiro atoms. The maximum absolute atomic E-state index is 11.1. The largest absolute Gasteiger partial charge is 0.494 e. The fourth-order valence-electron chi connectivity index (χ4n) is 2.07. The van der Waals surface area contributed by atoms with Gasteiger partial charge in [0.2, 0.25) is 5.91 Å². The summed E-state index contributed by atoms with van der Waals surface area (Å²) in [6.45, 7) is 5.07. The second kappa shape index (κ2) is 6.78. The molecule has 0 aliphatic rings. The molecule has 112 valence electrons. The quantitative estimate of drug-likeness (QED) is 0.857. The number of nitrogens with zero attached hydrogens (tertiary/aromatic N) is 2. The molecular formula is C15H20N4O2. The van der Waals surface area contributed by atoms with Crippen molar-refractivity contribution in [2.24, 2.45) is 0 Å². The van der Waals surface area contributed by atoms with Gasteiger partial charge in [-0.2, -0.15) is 0 Å². The van der Waals surface area contributed by atoms with Gasteiger partial charge in [0.05, 0.1) is 19.3 Å².